The van der Waals surface area contributed by atoms with Crippen molar-refractivity contribution in [2.24, 2.45) is 0 Å². The van der Waals surface area contributed by atoms with Crippen LogP contribution in [0.15, 0.2) is 0 Å². The third-order valence-corrected chi connectivity index (χ3v) is 4.28. The van der Waals surface area contributed by atoms with Gasteiger partial charge < -0.3 is 10.1 Å². The summed E-state index contributed by atoms with van der Waals surface area (Å²) in [5.74, 6) is 0. The van der Waals surface area contributed by atoms with Gasteiger partial charge in [0.05, 0.1) is 6.61 Å². The maximum Gasteiger partial charge on any atom is 0.0621 e. The molecule has 1 unspecified atom stereocenters. The minimum Gasteiger partial charge on any atom is -0.380 e. The highest BCUT2D eigenvalue weighted by atomic mass is 16.5. The van der Waals surface area contributed by atoms with Crippen molar-refractivity contribution in [1.29, 1.82) is 0 Å². The smallest absolute Gasteiger partial charge is 0.0621 e. The third-order valence-electron chi connectivity index (χ3n) is 4.28. The van der Waals surface area contributed by atoms with Crippen molar-refractivity contribution >= 4 is 0 Å². The standard InChI is InChI=1S/C12H23N3O/c1-2-11(10-16-7-1)14-3-5-15(6-4-14)12-8-13-9-12/h11-13H,1-10H2. The number of piperazine rings is 1. The molecule has 3 heterocycles. The fourth-order valence-electron chi connectivity index (χ4n) is 3.01. The molecule has 0 aromatic rings. The Morgan fingerprint density at radius 3 is 2.12 bits per heavy atom. The van der Waals surface area contributed by atoms with Crippen LogP contribution in [0.5, 0.6) is 0 Å². The number of hydrogen-bond acceptors (Lipinski definition) is 4. The van der Waals surface area contributed by atoms with Crippen LogP contribution < -0.4 is 5.32 Å². The van der Waals surface area contributed by atoms with Gasteiger partial charge in [0.25, 0.3) is 0 Å². The SMILES string of the molecule is C1COCC(N2CCN(C3CNC3)CC2)C1. The van der Waals surface area contributed by atoms with E-state index >= 15 is 0 Å². The van der Waals surface area contributed by atoms with Crippen LogP contribution in [0.1, 0.15) is 12.8 Å². The van der Waals surface area contributed by atoms with Gasteiger partial charge in [0, 0.05) is 58.0 Å². The van der Waals surface area contributed by atoms with E-state index in [0.29, 0.717) is 6.04 Å². The predicted molar refractivity (Wildman–Crippen MR) is 63.6 cm³/mol. The molecule has 1 N–H and O–H groups in total. The number of nitrogens with one attached hydrogen (secondary N) is 1. The van der Waals surface area contributed by atoms with E-state index in [1.165, 1.54) is 52.1 Å². The summed E-state index contributed by atoms with van der Waals surface area (Å²) in [6.07, 6.45) is 2.59. The monoisotopic (exact) mass is 225 g/mol. The lowest BCUT2D eigenvalue weighted by Gasteiger charge is -2.45. The molecule has 3 saturated heterocycles. The molecule has 4 nitrogen and oxygen atoms in total. The minimum absolute atomic E-state index is 0.704. The molecule has 3 aliphatic heterocycles. The zero-order chi connectivity index (χ0) is 10.8. The van der Waals surface area contributed by atoms with E-state index in [2.05, 4.69) is 15.1 Å². The Kier molecular flexibility index (Phi) is 3.43. The van der Waals surface area contributed by atoms with E-state index in [1.54, 1.807) is 0 Å². The van der Waals surface area contributed by atoms with Crippen molar-refractivity contribution in [1.82, 2.24) is 15.1 Å². The van der Waals surface area contributed by atoms with Crippen LogP contribution >= 0.6 is 0 Å². The molecule has 3 fully saturated rings. The van der Waals surface area contributed by atoms with Gasteiger partial charge in [0.1, 0.15) is 0 Å². The van der Waals surface area contributed by atoms with Gasteiger partial charge in [0.2, 0.25) is 0 Å². The summed E-state index contributed by atoms with van der Waals surface area (Å²) in [5.41, 5.74) is 0. The highest BCUT2D eigenvalue weighted by molar-refractivity contribution is 4.89. The highest BCUT2D eigenvalue weighted by Gasteiger charge is 2.30. The topological polar surface area (TPSA) is 27.7 Å². The average Bonchev–Trinajstić information content (AvgIpc) is 2.29. The predicted octanol–water partition coefficient (Wildman–Crippen LogP) is -0.245. The molecule has 16 heavy (non-hydrogen) atoms. The lowest BCUT2D eigenvalue weighted by atomic mass is 10.1. The second-order valence-corrected chi connectivity index (χ2v) is 5.25. The summed E-state index contributed by atoms with van der Waals surface area (Å²) in [5, 5.41) is 3.36. The quantitative estimate of drug-likeness (QED) is 0.702. The number of ether oxygens (including phenoxy) is 1. The van der Waals surface area contributed by atoms with Crippen LogP contribution in [0.3, 0.4) is 0 Å². The van der Waals surface area contributed by atoms with Crippen molar-refractivity contribution in [3.05, 3.63) is 0 Å². The third kappa shape index (κ3) is 2.25. The Labute approximate surface area is 97.9 Å². The van der Waals surface area contributed by atoms with Crippen molar-refractivity contribution < 1.29 is 4.74 Å². The van der Waals surface area contributed by atoms with Crippen LogP contribution in [0, 0.1) is 0 Å². The maximum atomic E-state index is 5.58. The molecule has 0 aliphatic carbocycles. The van der Waals surface area contributed by atoms with Gasteiger partial charge in [0.15, 0.2) is 0 Å². The van der Waals surface area contributed by atoms with Gasteiger partial charge in [-0.3, -0.25) is 9.80 Å². The van der Waals surface area contributed by atoms with Crippen LogP contribution in [0.25, 0.3) is 0 Å². The Morgan fingerprint density at radius 2 is 1.62 bits per heavy atom. The number of nitrogens with zero attached hydrogens (tertiary/aromatic N) is 2. The van der Waals surface area contributed by atoms with Crippen molar-refractivity contribution in [3.8, 4) is 0 Å². The van der Waals surface area contributed by atoms with Gasteiger partial charge in [-0.25, -0.2) is 0 Å². The summed E-state index contributed by atoms with van der Waals surface area (Å²) in [7, 11) is 0. The van der Waals surface area contributed by atoms with Crippen LogP contribution in [0.2, 0.25) is 0 Å². The molecule has 0 aromatic carbocycles. The van der Waals surface area contributed by atoms with Gasteiger partial charge in [-0.2, -0.15) is 0 Å². The van der Waals surface area contributed by atoms with Gasteiger partial charge in [-0.15, -0.1) is 0 Å². The molecular weight excluding hydrogens is 202 g/mol. The van der Waals surface area contributed by atoms with E-state index in [9.17, 15) is 0 Å². The first-order chi connectivity index (χ1) is 7.93. The lowest BCUT2D eigenvalue weighted by molar-refractivity contribution is -0.0121. The number of rotatable bonds is 2. The van der Waals surface area contributed by atoms with Gasteiger partial charge in [-0.05, 0) is 12.8 Å². The zero-order valence-electron chi connectivity index (χ0n) is 10.0. The second kappa shape index (κ2) is 5.00. The van der Waals surface area contributed by atoms with E-state index in [4.69, 9.17) is 4.74 Å². The first-order valence-electron chi connectivity index (χ1n) is 6.70. The fraction of sp³-hybridized carbons (Fsp3) is 1.00. The molecule has 0 spiro atoms. The van der Waals surface area contributed by atoms with Crippen molar-refractivity contribution in [2.75, 3.05) is 52.5 Å². The van der Waals surface area contributed by atoms with Crippen LogP contribution in [-0.2, 0) is 4.74 Å². The van der Waals surface area contributed by atoms with Gasteiger partial charge >= 0.3 is 0 Å². The molecule has 0 amide bonds. The Balaban J connectivity index is 1.45. The largest absolute Gasteiger partial charge is 0.380 e. The van der Waals surface area contributed by atoms with Crippen molar-refractivity contribution in [2.45, 2.75) is 24.9 Å². The van der Waals surface area contributed by atoms with Crippen molar-refractivity contribution in [3.63, 3.8) is 0 Å². The normalized spacial score (nSPS) is 34.9. The number of hydrogen-bond donors (Lipinski definition) is 1. The minimum atomic E-state index is 0.704. The Hall–Kier alpha value is -0.160. The molecule has 0 bridgehead atoms. The molecule has 3 rings (SSSR count). The Morgan fingerprint density at radius 1 is 0.938 bits per heavy atom. The lowest BCUT2D eigenvalue weighted by Crippen LogP contribution is -2.62. The molecule has 0 radical (unpaired) electrons. The molecule has 1 atom stereocenters. The van der Waals surface area contributed by atoms with Gasteiger partial charge in [-0.1, -0.05) is 0 Å². The van der Waals surface area contributed by atoms with E-state index in [0.717, 1.165) is 19.3 Å². The summed E-state index contributed by atoms with van der Waals surface area (Å²) in [6.45, 7) is 9.33. The molecule has 3 aliphatic rings. The fourth-order valence-corrected chi connectivity index (χ4v) is 3.01. The van der Waals surface area contributed by atoms with Crippen LogP contribution in [0.4, 0.5) is 0 Å². The van der Waals surface area contributed by atoms with E-state index in [-0.39, 0.29) is 0 Å². The molecule has 92 valence electrons. The maximum absolute atomic E-state index is 5.58. The summed E-state index contributed by atoms with van der Waals surface area (Å²) < 4.78 is 5.58. The highest BCUT2D eigenvalue weighted by Crippen LogP contribution is 2.17. The summed E-state index contributed by atoms with van der Waals surface area (Å²) in [6, 6.07) is 1.53. The first kappa shape index (κ1) is 11.0. The van der Waals surface area contributed by atoms with Crippen LogP contribution in [-0.4, -0.2) is 74.4 Å². The van der Waals surface area contributed by atoms with E-state index < -0.39 is 0 Å². The molecular formula is C12H23N3O. The first-order valence-corrected chi connectivity index (χ1v) is 6.70. The second-order valence-electron chi connectivity index (χ2n) is 5.25. The van der Waals surface area contributed by atoms with E-state index in [1.807, 2.05) is 0 Å². The molecule has 4 heteroatoms. The molecule has 0 aromatic heterocycles. The summed E-state index contributed by atoms with van der Waals surface area (Å²) in [4.78, 5) is 5.29. The average molecular weight is 225 g/mol. The zero-order valence-corrected chi connectivity index (χ0v) is 10.0. The molecule has 0 saturated carbocycles. The summed E-state index contributed by atoms with van der Waals surface area (Å²) >= 11 is 0. The Bertz CT molecular complexity index is 218.